The van der Waals surface area contributed by atoms with Crippen molar-refractivity contribution in [1.82, 2.24) is 0 Å². The van der Waals surface area contributed by atoms with Crippen molar-refractivity contribution in [3.63, 3.8) is 0 Å². The van der Waals surface area contributed by atoms with Crippen LogP contribution >= 0.6 is 0 Å². The van der Waals surface area contributed by atoms with E-state index in [1.165, 1.54) is 57.8 Å². The lowest BCUT2D eigenvalue weighted by Gasteiger charge is -2.37. The standard InChI is InChI=1S/C21H36O/c1-3-5-7-18-8-12-20(13-9-18)21-14-10-19(11-15-21)17-22-16-6-4-2/h4-7,18-21H,3,8-17H2,1-2H3/b6-4-,7-5+/t18-,19?,20-,21?. The molecule has 0 aromatic heterocycles. The van der Waals surface area contributed by atoms with Gasteiger partial charge < -0.3 is 4.74 Å². The van der Waals surface area contributed by atoms with Crippen molar-refractivity contribution in [1.29, 1.82) is 0 Å². The molecule has 0 aromatic rings. The monoisotopic (exact) mass is 304 g/mol. The molecule has 0 radical (unpaired) electrons. The first-order valence-electron chi connectivity index (χ1n) is 9.69. The molecule has 2 aliphatic rings. The van der Waals surface area contributed by atoms with Crippen LogP contribution < -0.4 is 0 Å². The van der Waals surface area contributed by atoms with Crippen LogP contribution in [0.5, 0.6) is 0 Å². The Balaban J connectivity index is 1.62. The van der Waals surface area contributed by atoms with Crippen molar-refractivity contribution in [3.05, 3.63) is 24.3 Å². The highest BCUT2D eigenvalue weighted by molar-refractivity contribution is 4.92. The first-order chi connectivity index (χ1) is 10.8. The van der Waals surface area contributed by atoms with Crippen molar-refractivity contribution in [3.8, 4) is 0 Å². The SMILES string of the molecule is C/C=C\COCC1CCC([C@H]2CC[C@H](/C=C/CC)CC2)CC1. The van der Waals surface area contributed by atoms with E-state index in [2.05, 4.69) is 38.2 Å². The minimum Gasteiger partial charge on any atom is -0.377 e. The number of hydrogen-bond acceptors (Lipinski definition) is 1. The molecule has 2 saturated carbocycles. The lowest BCUT2D eigenvalue weighted by atomic mass is 9.69. The van der Waals surface area contributed by atoms with Crippen LogP contribution in [0, 0.1) is 23.7 Å². The first kappa shape index (κ1) is 17.8. The van der Waals surface area contributed by atoms with E-state index in [1.54, 1.807) is 0 Å². The smallest absolute Gasteiger partial charge is 0.0647 e. The van der Waals surface area contributed by atoms with Gasteiger partial charge in [0, 0.05) is 6.61 Å². The maximum Gasteiger partial charge on any atom is 0.0647 e. The molecule has 0 aliphatic heterocycles. The van der Waals surface area contributed by atoms with E-state index in [9.17, 15) is 0 Å². The van der Waals surface area contributed by atoms with Crippen LogP contribution in [-0.4, -0.2) is 13.2 Å². The molecule has 0 amide bonds. The van der Waals surface area contributed by atoms with Gasteiger partial charge in [0.2, 0.25) is 0 Å². The van der Waals surface area contributed by atoms with Gasteiger partial charge in [-0.05, 0) is 88.4 Å². The summed E-state index contributed by atoms with van der Waals surface area (Å²) >= 11 is 0. The van der Waals surface area contributed by atoms with Crippen molar-refractivity contribution in [2.75, 3.05) is 13.2 Å². The van der Waals surface area contributed by atoms with Crippen LogP contribution in [0.25, 0.3) is 0 Å². The zero-order valence-electron chi connectivity index (χ0n) is 14.8. The van der Waals surface area contributed by atoms with Crippen LogP contribution in [0.3, 0.4) is 0 Å². The van der Waals surface area contributed by atoms with E-state index in [0.717, 1.165) is 36.9 Å². The summed E-state index contributed by atoms with van der Waals surface area (Å²) in [5, 5.41) is 0. The summed E-state index contributed by atoms with van der Waals surface area (Å²) < 4.78 is 5.75. The van der Waals surface area contributed by atoms with Crippen LogP contribution in [0.2, 0.25) is 0 Å². The highest BCUT2D eigenvalue weighted by Crippen LogP contribution is 2.41. The maximum atomic E-state index is 5.75. The Hall–Kier alpha value is -0.560. The van der Waals surface area contributed by atoms with Crippen LogP contribution in [0.1, 0.15) is 71.6 Å². The van der Waals surface area contributed by atoms with Gasteiger partial charge in [0.1, 0.15) is 0 Å². The molecule has 2 rings (SSSR count). The Kier molecular flexibility index (Phi) is 8.30. The molecule has 126 valence electrons. The van der Waals surface area contributed by atoms with E-state index in [-0.39, 0.29) is 0 Å². The van der Waals surface area contributed by atoms with Crippen LogP contribution in [0.15, 0.2) is 24.3 Å². The first-order valence-corrected chi connectivity index (χ1v) is 9.69. The minimum absolute atomic E-state index is 0.797. The zero-order chi connectivity index (χ0) is 15.6. The lowest BCUT2D eigenvalue weighted by molar-refractivity contribution is 0.0799. The highest BCUT2D eigenvalue weighted by Gasteiger charge is 2.30. The van der Waals surface area contributed by atoms with Gasteiger partial charge in [-0.15, -0.1) is 0 Å². The third kappa shape index (κ3) is 5.91. The molecule has 0 N–H and O–H groups in total. The van der Waals surface area contributed by atoms with Gasteiger partial charge in [-0.1, -0.05) is 31.2 Å². The third-order valence-electron chi connectivity index (χ3n) is 5.82. The van der Waals surface area contributed by atoms with Gasteiger partial charge in [-0.3, -0.25) is 0 Å². The third-order valence-corrected chi connectivity index (χ3v) is 5.82. The Bertz CT molecular complexity index is 328. The average Bonchev–Trinajstić information content (AvgIpc) is 2.58. The van der Waals surface area contributed by atoms with E-state index in [1.807, 2.05) is 0 Å². The Morgan fingerprint density at radius 3 is 2.09 bits per heavy atom. The van der Waals surface area contributed by atoms with Gasteiger partial charge in [0.25, 0.3) is 0 Å². The molecule has 1 nitrogen and oxygen atoms in total. The Morgan fingerprint density at radius 1 is 0.864 bits per heavy atom. The molecule has 0 saturated heterocycles. The van der Waals surface area contributed by atoms with Gasteiger partial charge in [0.05, 0.1) is 6.61 Å². The lowest BCUT2D eigenvalue weighted by Crippen LogP contribution is -2.26. The summed E-state index contributed by atoms with van der Waals surface area (Å²) in [7, 11) is 0. The molecule has 1 heteroatoms. The summed E-state index contributed by atoms with van der Waals surface area (Å²) in [6.07, 6.45) is 21.8. The van der Waals surface area contributed by atoms with E-state index < -0.39 is 0 Å². The van der Waals surface area contributed by atoms with Crippen LogP contribution in [-0.2, 0) is 4.74 Å². The summed E-state index contributed by atoms with van der Waals surface area (Å²) in [6.45, 7) is 6.07. The second kappa shape index (κ2) is 10.3. The van der Waals surface area contributed by atoms with Crippen molar-refractivity contribution >= 4 is 0 Å². The average molecular weight is 305 g/mol. The van der Waals surface area contributed by atoms with Gasteiger partial charge in [-0.25, -0.2) is 0 Å². The molecule has 0 spiro atoms. The molecule has 0 unspecified atom stereocenters. The predicted molar refractivity (Wildman–Crippen MR) is 96.0 cm³/mol. The molecule has 0 aromatic carbocycles. The second-order valence-corrected chi connectivity index (χ2v) is 7.40. The molecular formula is C21H36O. The molecular weight excluding hydrogens is 268 g/mol. The quantitative estimate of drug-likeness (QED) is 0.404. The van der Waals surface area contributed by atoms with Gasteiger partial charge >= 0.3 is 0 Å². The number of allylic oxidation sites excluding steroid dienone is 3. The van der Waals surface area contributed by atoms with E-state index in [0.29, 0.717) is 0 Å². The number of rotatable bonds is 7. The summed E-state index contributed by atoms with van der Waals surface area (Å²) in [5.41, 5.74) is 0. The molecule has 22 heavy (non-hydrogen) atoms. The van der Waals surface area contributed by atoms with Gasteiger partial charge in [-0.2, -0.15) is 0 Å². The van der Waals surface area contributed by atoms with Crippen molar-refractivity contribution in [2.45, 2.75) is 71.6 Å². The molecule has 0 heterocycles. The highest BCUT2D eigenvalue weighted by atomic mass is 16.5. The summed E-state index contributed by atoms with van der Waals surface area (Å²) in [5.74, 6) is 3.75. The largest absolute Gasteiger partial charge is 0.377 e. The van der Waals surface area contributed by atoms with Crippen molar-refractivity contribution in [2.24, 2.45) is 23.7 Å². The maximum absolute atomic E-state index is 5.75. The molecule has 2 fully saturated rings. The van der Waals surface area contributed by atoms with Gasteiger partial charge in [0.15, 0.2) is 0 Å². The number of hydrogen-bond donors (Lipinski definition) is 0. The zero-order valence-corrected chi connectivity index (χ0v) is 14.8. The van der Waals surface area contributed by atoms with Crippen molar-refractivity contribution < 1.29 is 4.74 Å². The number of ether oxygens (including phenoxy) is 1. The predicted octanol–water partition coefficient (Wildman–Crippen LogP) is 6.16. The minimum atomic E-state index is 0.797. The molecule has 0 atom stereocenters. The van der Waals surface area contributed by atoms with E-state index >= 15 is 0 Å². The molecule has 2 aliphatic carbocycles. The fourth-order valence-electron chi connectivity index (χ4n) is 4.36. The topological polar surface area (TPSA) is 9.23 Å². The second-order valence-electron chi connectivity index (χ2n) is 7.40. The Labute approximate surface area is 138 Å². The molecule has 0 bridgehead atoms. The fraction of sp³-hybridized carbons (Fsp3) is 0.810. The summed E-state index contributed by atoms with van der Waals surface area (Å²) in [6, 6.07) is 0. The van der Waals surface area contributed by atoms with E-state index in [4.69, 9.17) is 4.74 Å². The van der Waals surface area contributed by atoms with Crippen LogP contribution in [0.4, 0.5) is 0 Å². The normalized spacial score (nSPS) is 33.7. The Morgan fingerprint density at radius 2 is 1.50 bits per heavy atom. The summed E-state index contributed by atoms with van der Waals surface area (Å²) in [4.78, 5) is 0. The fourth-order valence-corrected chi connectivity index (χ4v) is 4.36.